The molecule has 1 N–H and O–H groups in total. The van der Waals surface area contributed by atoms with E-state index in [1.54, 1.807) is 12.3 Å². The molecule has 0 aliphatic carbocycles. The largest absolute Gasteiger partial charge is 0.354 e. The van der Waals surface area contributed by atoms with Crippen LogP contribution in [0.1, 0.15) is 5.56 Å². The predicted molar refractivity (Wildman–Crippen MR) is 102 cm³/mol. The minimum atomic E-state index is -3.39. The molecule has 0 atom stereocenters. The molecule has 7 heteroatoms. The molecule has 2 heterocycles. The van der Waals surface area contributed by atoms with E-state index < -0.39 is 10.0 Å². The summed E-state index contributed by atoms with van der Waals surface area (Å²) >= 11 is 0. The summed E-state index contributed by atoms with van der Waals surface area (Å²) in [7, 11) is -1.28. The molecule has 1 aliphatic heterocycles. The van der Waals surface area contributed by atoms with Crippen LogP contribution in [0.5, 0.6) is 0 Å². The van der Waals surface area contributed by atoms with Crippen LogP contribution in [0.15, 0.2) is 48.7 Å². The number of rotatable bonds is 6. The third-order valence-corrected chi connectivity index (χ3v) is 5.64. The fourth-order valence-corrected chi connectivity index (χ4v) is 3.88. The second-order valence-electron chi connectivity index (χ2n) is 6.35. The van der Waals surface area contributed by atoms with Crippen LogP contribution >= 0.6 is 0 Å². The number of benzene rings is 1. The molecule has 1 saturated heterocycles. The molecule has 2 aromatic rings. The van der Waals surface area contributed by atoms with Gasteiger partial charge in [-0.2, -0.15) is 0 Å². The van der Waals surface area contributed by atoms with Crippen molar-refractivity contribution in [2.24, 2.45) is 0 Å². The number of anilines is 2. The molecule has 1 aromatic heterocycles. The molecule has 0 radical (unpaired) electrons. The van der Waals surface area contributed by atoms with Gasteiger partial charge in [0, 0.05) is 26.2 Å². The van der Waals surface area contributed by atoms with Crippen LogP contribution in [0.25, 0.3) is 0 Å². The first-order valence-corrected chi connectivity index (χ1v) is 10.1. The van der Waals surface area contributed by atoms with Crippen molar-refractivity contribution >= 4 is 21.5 Å². The second kappa shape index (κ2) is 7.84. The lowest BCUT2D eigenvalue weighted by Crippen LogP contribution is -2.44. The zero-order valence-electron chi connectivity index (χ0n) is 14.4. The smallest absolute Gasteiger partial charge is 0.233 e. The molecule has 3 rings (SSSR count). The first kappa shape index (κ1) is 17.7. The van der Waals surface area contributed by atoms with Gasteiger partial charge in [-0.05, 0) is 31.2 Å². The highest BCUT2D eigenvalue weighted by atomic mass is 32.2. The van der Waals surface area contributed by atoms with Crippen LogP contribution in [0, 0.1) is 0 Å². The predicted octanol–water partition coefficient (Wildman–Crippen LogP) is 1.82. The van der Waals surface area contributed by atoms with Gasteiger partial charge in [0.2, 0.25) is 10.0 Å². The maximum atomic E-state index is 12.2. The third kappa shape index (κ3) is 5.17. The average Bonchev–Trinajstić information content (AvgIpc) is 2.62. The summed E-state index contributed by atoms with van der Waals surface area (Å²) in [5.74, 6) is 0.942. The highest BCUT2D eigenvalue weighted by molar-refractivity contribution is 7.92. The van der Waals surface area contributed by atoms with Crippen LogP contribution in [0.4, 0.5) is 11.5 Å². The Morgan fingerprint density at radius 3 is 2.40 bits per heavy atom. The Morgan fingerprint density at radius 1 is 1.04 bits per heavy atom. The molecule has 0 unspecified atom stereocenters. The Hall–Kier alpha value is -2.12. The Bertz CT molecular complexity index is 770. The number of aryl methyl sites for hydroxylation is 1. The number of aromatic nitrogens is 1. The van der Waals surface area contributed by atoms with Crippen molar-refractivity contribution in [2.45, 2.75) is 6.42 Å². The normalized spacial score (nSPS) is 16.0. The van der Waals surface area contributed by atoms with Crippen molar-refractivity contribution in [1.82, 2.24) is 9.88 Å². The first-order chi connectivity index (χ1) is 12.0. The summed E-state index contributed by atoms with van der Waals surface area (Å²) in [4.78, 5) is 8.91. The fourth-order valence-electron chi connectivity index (χ4n) is 2.80. The molecule has 0 spiro atoms. The SMILES string of the molecule is CN1CCN(c2ccc(NS(=O)(=O)CCc3ccccc3)cn2)CC1. The van der Waals surface area contributed by atoms with Crippen LogP contribution in [0.3, 0.4) is 0 Å². The summed E-state index contributed by atoms with van der Waals surface area (Å²) in [5, 5.41) is 0. The van der Waals surface area contributed by atoms with Gasteiger partial charge >= 0.3 is 0 Å². The van der Waals surface area contributed by atoms with E-state index in [1.165, 1.54) is 0 Å². The van der Waals surface area contributed by atoms with Gasteiger partial charge in [-0.15, -0.1) is 0 Å². The maximum Gasteiger partial charge on any atom is 0.233 e. The zero-order chi connectivity index (χ0) is 17.7. The van der Waals surface area contributed by atoms with Gasteiger partial charge in [0.05, 0.1) is 17.6 Å². The van der Waals surface area contributed by atoms with Crippen LogP contribution in [0.2, 0.25) is 0 Å². The number of sulfonamides is 1. The lowest BCUT2D eigenvalue weighted by molar-refractivity contribution is 0.312. The van der Waals surface area contributed by atoms with E-state index in [1.807, 2.05) is 36.4 Å². The summed E-state index contributed by atoms with van der Waals surface area (Å²) < 4.78 is 27.1. The Morgan fingerprint density at radius 2 is 1.76 bits per heavy atom. The van der Waals surface area contributed by atoms with Crippen molar-refractivity contribution < 1.29 is 8.42 Å². The summed E-state index contributed by atoms with van der Waals surface area (Å²) in [6, 6.07) is 13.3. The van der Waals surface area contributed by atoms with E-state index in [2.05, 4.69) is 26.6 Å². The second-order valence-corrected chi connectivity index (χ2v) is 8.19. The van der Waals surface area contributed by atoms with Crippen molar-refractivity contribution in [3.63, 3.8) is 0 Å². The Balaban J connectivity index is 1.57. The van der Waals surface area contributed by atoms with Crippen molar-refractivity contribution in [1.29, 1.82) is 0 Å². The van der Waals surface area contributed by atoms with Gasteiger partial charge < -0.3 is 9.80 Å². The monoisotopic (exact) mass is 360 g/mol. The van der Waals surface area contributed by atoms with Crippen molar-refractivity contribution in [3.8, 4) is 0 Å². The van der Waals surface area contributed by atoms with E-state index in [0.29, 0.717) is 12.1 Å². The summed E-state index contributed by atoms with van der Waals surface area (Å²) in [5.41, 5.74) is 1.52. The molecule has 134 valence electrons. The molecule has 0 bridgehead atoms. The Kier molecular flexibility index (Phi) is 5.55. The standard InChI is InChI=1S/C18H24N4O2S/c1-21-10-12-22(13-11-21)18-8-7-17(15-19-18)20-25(23,24)14-9-16-5-3-2-4-6-16/h2-8,15,20H,9-14H2,1H3. The van der Waals surface area contributed by atoms with E-state index in [4.69, 9.17) is 0 Å². The molecule has 25 heavy (non-hydrogen) atoms. The highest BCUT2D eigenvalue weighted by Gasteiger charge is 2.16. The lowest BCUT2D eigenvalue weighted by atomic mass is 10.2. The summed E-state index contributed by atoms with van der Waals surface area (Å²) in [6.07, 6.45) is 2.08. The summed E-state index contributed by atoms with van der Waals surface area (Å²) in [6.45, 7) is 3.89. The number of piperazine rings is 1. The topological polar surface area (TPSA) is 65.5 Å². The molecule has 6 nitrogen and oxygen atoms in total. The number of pyridine rings is 1. The molecule has 0 saturated carbocycles. The van der Waals surface area contributed by atoms with E-state index in [0.717, 1.165) is 37.6 Å². The van der Waals surface area contributed by atoms with Gasteiger partial charge in [-0.3, -0.25) is 4.72 Å². The van der Waals surface area contributed by atoms with Gasteiger partial charge in [-0.25, -0.2) is 13.4 Å². The quantitative estimate of drug-likeness (QED) is 0.851. The van der Waals surface area contributed by atoms with Crippen LogP contribution in [-0.4, -0.2) is 57.3 Å². The molecule has 1 fully saturated rings. The number of hydrogen-bond acceptors (Lipinski definition) is 5. The minimum Gasteiger partial charge on any atom is -0.354 e. The van der Waals surface area contributed by atoms with Gasteiger partial charge in [0.1, 0.15) is 5.82 Å². The first-order valence-electron chi connectivity index (χ1n) is 8.46. The fraction of sp³-hybridized carbons (Fsp3) is 0.389. The van der Waals surface area contributed by atoms with Gasteiger partial charge in [-0.1, -0.05) is 30.3 Å². The Labute approximate surface area is 149 Å². The number of likely N-dealkylation sites (N-methyl/N-ethyl adjacent to an activating group) is 1. The molecule has 0 amide bonds. The molecular weight excluding hydrogens is 336 g/mol. The van der Waals surface area contributed by atoms with E-state index in [-0.39, 0.29) is 5.75 Å². The van der Waals surface area contributed by atoms with E-state index in [9.17, 15) is 8.42 Å². The van der Waals surface area contributed by atoms with Crippen LogP contribution < -0.4 is 9.62 Å². The van der Waals surface area contributed by atoms with Crippen molar-refractivity contribution in [2.75, 3.05) is 48.6 Å². The molecule has 1 aliphatic rings. The minimum absolute atomic E-state index is 0.0528. The third-order valence-electron chi connectivity index (χ3n) is 4.35. The maximum absolute atomic E-state index is 12.2. The number of nitrogens with one attached hydrogen (secondary N) is 1. The lowest BCUT2D eigenvalue weighted by Gasteiger charge is -2.33. The molecule has 1 aromatic carbocycles. The van der Waals surface area contributed by atoms with Gasteiger partial charge in [0.15, 0.2) is 0 Å². The van der Waals surface area contributed by atoms with E-state index >= 15 is 0 Å². The average molecular weight is 360 g/mol. The molecular formula is C18H24N4O2S. The van der Waals surface area contributed by atoms with Crippen molar-refractivity contribution in [3.05, 3.63) is 54.2 Å². The zero-order valence-corrected chi connectivity index (χ0v) is 15.2. The number of hydrogen-bond donors (Lipinski definition) is 1. The number of nitrogens with zero attached hydrogens (tertiary/aromatic N) is 3. The highest BCUT2D eigenvalue weighted by Crippen LogP contribution is 2.17. The van der Waals surface area contributed by atoms with Gasteiger partial charge in [0.25, 0.3) is 0 Å². The van der Waals surface area contributed by atoms with Crippen LogP contribution in [-0.2, 0) is 16.4 Å².